The molecule has 1 aliphatic heterocycles. The Morgan fingerprint density at radius 1 is 1.05 bits per heavy atom. The minimum Gasteiger partial charge on any atom is -0.386 e. The maximum atomic E-state index is 12.6. The van der Waals surface area contributed by atoms with Gasteiger partial charge in [0.25, 0.3) is 10.2 Å². The second kappa shape index (κ2) is 7.56. The van der Waals surface area contributed by atoms with E-state index < -0.39 is 16.3 Å². The zero-order valence-corrected chi connectivity index (χ0v) is 13.5. The Kier molecular flexibility index (Phi) is 6.01. The zero-order chi connectivity index (χ0) is 15.3. The van der Waals surface area contributed by atoms with E-state index in [0.29, 0.717) is 13.1 Å². The molecule has 0 bridgehead atoms. The third-order valence-electron chi connectivity index (χ3n) is 4.64. The largest absolute Gasteiger partial charge is 0.386 e. The molecule has 4 N–H and O–H groups in total. The van der Waals surface area contributed by atoms with Gasteiger partial charge in [-0.2, -0.15) is 17.4 Å². The summed E-state index contributed by atoms with van der Waals surface area (Å²) >= 11 is 0. The number of rotatable bonds is 5. The second-order valence-corrected chi connectivity index (χ2v) is 7.97. The Labute approximate surface area is 128 Å². The molecule has 6 nitrogen and oxygen atoms in total. The molecular formula is C14H28N4O2S. The molecule has 0 amide bonds. The van der Waals surface area contributed by atoms with Crippen LogP contribution in [-0.2, 0) is 10.2 Å². The van der Waals surface area contributed by atoms with Crippen molar-refractivity contribution in [2.24, 2.45) is 11.7 Å². The van der Waals surface area contributed by atoms with E-state index in [0.717, 1.165) is 51.4 Å². The lowest BCUT2D eigenvalue weighted by atomic mass is 9.84. The van der Waals surface area contributed by atoms with Gasteiger partial charge in [0.05, 0.1) is 6.04 Å². The summed E-state index contributed by atoms with van der Waals surface area (Å²) in [5.41, 5.74) is 5.67. The van der Waals surface area contributed by atoms with Crippen LogP contribution in [0.1, 0.15) is 57.8 Å². The summed E-state index contributed by atoms with van der Waals surface area (Å²) in [6.45, 7) is 1.15. The standard InChI is InChI=1S/C14H28N4O2S/c15-14(16)13(12-8-4-3-5-9-12)17-21(19,20)18-10-6-1-2-7-11-18/h12-13,17H,1-11H2,(H3,15,16). The monoisotopic (exact) mass is 316 g/mol. The molecule has 0 aromatic rings. The molecule has 1 saturated heterocycles. The first kappa shape index (κ1) is 16.7. The Hall–Kier alpha value is -0.660. The van der Waals surface area contributed by atoms with Crippen LogP contribution in [0.4, 0.5) is 0 Å². The molecule has 0 aromatic heterocycles. The van der Waals surface area contributed by atoms with E-state index in [9.17, 15) is 8.42 Å². The average molecular weight is 316 g/mol. The third-order valence-corrected chi connectivity index (χ3v) is 6.23. The van der Waals surface area contributed by atoms with Gasteiger partial charge in [0.2, 0.25) is 0 Å². The van der Waals surface area contributed by atoms with E-state index in [2.05, 4.69) is 4.72 Å². The Balaban J connectivity index is 2.05. The molecule has 122 valence electrons. The van der Waals surface area contributed by atoms with Gasteiger partial charge in [0.1, 0.15) is 5.84 Å². The minimum absolute atomic E-state index is 0.0553. The summed E-state index contributed by atoms with van der Waals surface area (Å²) in [6.07, 6.45) is 9.29. The van der Waals surface area contributed by atoms with Crippen molar-refractivity contribution < 1.29 is 8.42 Å². The molecule has 7 heteroatoms. The summed E-state index contributed by atoms with van der Waals surface area (Å²) in [7, 11) is -3.54. The number of nitrogens with zero attached hydrogens (tertiary/aromatic N) is 1. The van der Waals surface area contributed by atoms with Crippen molar-refractivity contribution in [2.75, 3.05) is 13.1 Å². The normalized spacial score (nSPS) is 24.4. The van der Waals surface area contributed by atoms with E-state index in [-0.39, 0.29) is 11.8 Å². The molecule has 1 heterocycles. The molecule has 2 rings (SSSR count). The maximum absolute atomic E-state index is 12.6. The van der Waals surface area contributed by atoms with Gasteiger partial charge in [-0.25, -0.2) is 0 Å². The number of hydrogen-bond acceptors (Lipinski definition) is 3. The molecule has 1 atom stereocenters. The predicted octanol–water partition coefficient (Wildman–Crippen LogP) is 1.58. The molecule has 1 saturated carbocycles. The van der Waals surface area contributed by atoms with Crippen molar-refractivity contribution in [2.45, 2.75) is 63.8 Å². The molecular weight excluding hydrogens is 288 g/mol. The zero-order valence-electron chi connectivity index (χ0n) is 12.7. The highest BCUT2D eigenvalue weighted by Gasteiger charge is 2.32. The van der Waals surface area contributed by atoms with Crippen LogP contribution in [-0.4, -0.2) is 37.7 Å². The number of nitrogens with one attached hydrogen (secondary N) is 2. The van der Waals surface area contributed by atoms with Gasteiger partial charge in [-0.1, -0.05) is 32.1 Å². The highest BCUT2D eigenvalue weighted by atomic mass is 32.2. The molecule has 0 radical (unpaired) electrons. The van der Waals surface area contributed by atoms with Crippen LogP contribution >= 0.6 is 0 Å². The van der Waals surface area contributed by atoms with Gasteiger partial charge < -0.3 is 5.73 Å². The van der Waals surface area contributed by atoms with Crippen molar-refractivity contribution in [3.05, 3.63) is 0 Å². The molecule has 21 heavy (non-hydrogen) atoms. The summed E-state index contributed by atoms with van der Waals surface area (Å²) in [5, 5.41) is 7.76. The topological polar surface area (TPSA) is 99.3 Å². The van der Waals surface area contributed by atoms with E-state index >= 15 is 0 Å². The molecule has 2 aliphatic rings. The van der Waals surface area contributed by atoms with E-state index in [1.165, 1.54) is 10.7 Å². The molecule has 1 unspecified atom stereocenters. The fourth-order valence-electron chi connectivity index (χ4n) is 3.40. The van der Waals surface area contributed by atoms with Crippen LogP contribution in [0.15, 0.2) is 0 Å². The summed E-state index contributed by atoms with van der Waals surface area (Å²) in [4.78, 5) is 0. The maximum Gasteiger partial charge on any atom is 0.280 e. The Morgan fingerprint density at radius 2 is 1.57 bits per heavy atom. The van der Waals surface area contributed by atoms with E-state index in [4.69, 9.17) is 11.1 Å². The summed E-state index contributed by atoms with van der Waals surface area (Å²) < 4.78 is 29.4. The summed E-state index contributed by atoms with van der Waals surface area (Å²) in [5.74, 6) is 0.110. The summed E-state index contributed by atoms with van der Waals surface area (Å²) in [6, 6.07) is -0.543. The Morgan fingerprint density at radius 3 is 2.10 bits per heavy atom. The van der Waals surface area contributed by atoms with Gasteiger partial charge in [-0.15, -0.1) is 0 Å². The van der Waals surface area contributed by atoms with Gasteiger partial charge in [0.15, 0.2) is 0 Å². The Bertz CT molecular complexity index is 438. The highest BCUT2D eigenvalue weighted by molar-refractivity contribution is 7.87. The quantitative estimate of drug-likeness (QED) is 0.530. The van der Waals surface area contributed by atoms with Crippen LogP contribution in [0.25, 0.3) is 0 Å². The number of hydrogen-bond donors (Lipinski definition) is 3. The van der Waals surface area contributed by atoms with Crippen LogP contribution < -0.4 is 10.5 Å². The SMILES string of the molecule is N=C(N)C(NS(=O)(=O)N1CCCCCC1)C1CCCCC1. The lowest BCUT2D eigenvalue weighted by molar-refractivity contribution is 0.321. The van der Waals surface area contributed by atoms with Crippen LogP contribution in [0.3, 0.4) is 0 Å². The molecule has 1 aliphatic carbocycles. The van der Waals surface area contributed by atoms with E-state index in [1.807, 2.05) is 0 Å². The lowest BCUT2D eigenvalue weighted by Gasteiger charge is -2.31. The van der Waals surface area contributed by atoms with Crippen molar-refractivity contribution in [1.82, 2.24) is 9.03 Å². The smallest absolute Gasteiger partial charge is 0.280 e. The molecule has 2 fully saturated rings. The fourth-order valence-corrected chi connectivity index (χ4v) is 4.93. The molecule has 0 spiro atoms. The van der Waals surface area contributed by atoms with Crippen LogP contribution in [0.5, 0.6) is 0 Å². The third kappa shape index (κ3) is 4.66. The van der Waals surface area contributed by atoms with Crippen molar-refractivity contribution in [1.29, 1.82) is 5.41 Å². The number of amidine groups is 1. The second-order valence-electron chi connectivity index (χ2n) is 6.27. The van der Waals surface area contributed by atoms with Gasteiger partial charge in [0, 0.05) is 13.1 Å². The first-order valence-electron chi connectivity index (χ1n) is 8.12. The lowest BCUT2D eigenvalue weighted by Crippen LogP contribution is -2.53. The van der Waals surface area contributed by atoms with Gasteiger partial charge >= 0.3 is 0 Å². The predicted molar refractivity (Wildman–Crippen MR) is 84.4 cm³/mol. The van der Waals surface area contributed by atoms with Crippen molar-refractivity contribution >= 4 is 16.0 Å². The van der Waals surface area contributed by atoms with Gasteiger partial charge in [-0.3, -0.25) is 5.41 Å². The minimum atomic E-state index is -3.54. The highest BCUT2D eigenvalue weighted by Crippen LogP contribution is 2.27. The molecule has 0 aromatic carbocycles. The van der Waals surface area contributed by atoms with Crippen LogP contribution in [0.2, 0.25) is 0 Å². The van der Waals surface area contributed by atoms with Gasteiger partial charge in [-0.05, 0) is 31.6 Å². The van der Waals surface area contributed by atoms with Crippen molar-refractivity contribution in [3.63, 3.8) is 0 Å². The van der Waals surface area contributed by atoms with E-state index in [1.54, 1.807) is 0 Å². The first-order valence-corrected chi connectivity index (χ1v) is 9.56. The average Bonchev–Trinajstić information content (AvgIpc) is 2.75. The number of nitrogens with two attached hydrogens (primary N) is 1. The first-order chi connectivity index (χ1) is 10.0. The van der Waals surface area contributed by atoms with Crippen molar-refractivity contribution in [3.8, 4) is 0 Å². The van der Waals surface area contributed by atoms with Crippen LogP contribution in [0, 0.1) is 11.3 Å². The fraction of sp³-hybridized carbons (Fsp3) is 0.929.